The molecule has 0 unspecified atom stereocenters. The summed E-state index contributed by atoms with van der Waals surface area (Å²) < 4.78 is 29.0. The van der Waals surface area contributed by atoms with Crippen LogP contribution in [-0.4, -0.2) is 14.2 Å². The zero-order chi connectivity index (χ0) is 14.9. The van der Waals surface area contributed by atoms with Gasteiger partial charge in [-0.2, -0.15) is 8.42 Å². The summed E-state index contributed by atoms with van der Waals surface area (Å²) in [7, 11) is -3.54. The quantitative estimate of drug-likeness (QED) is 0.736. The summed E-state index contributed by atoms with van der Waals surface area (Å²) in [6, 6.07) is 13.3. The Balaban J connectivity index is 1.97. The Labute approximate surface area is 128 Å². The second-order valence-electron chi connectivity index (χ2n) is 4.70. The molecule has 1 N–H and O–H groups in total. The molecule has 3 rings (SSSR count). The molecule has 0 atom stereocenters. The average molecular weight is 321 g/mol. The van der Waals surface area contributed by atoms with Gasteiger partial charge >= 0.3 is 10.1 Å². The first-order valence-electron chi connectivity index (χ1n) is 6.68. The van der Waals surface area contributed by atoms with Crippen molar-refractivity contribution in [3.8, 4) is 5.75 Å². The van der Waals surface area contributed by atoms with Gasteiger partial charge in [0.1, 0.15) is 0 Å². The van der Waals surface area contributed by atoms with Gasteiger partial charge in [-0.1, -0.05) is 36.9 Å². The van der Waals surface area contributed by atoms with Crippen molar-refractivity contribution in [2.24, 2.45) is 0 Å². The minimum atomic E-state index is -3.54. The van der Waals surface area contributed by atoms with Crippen molar-refractivity contribution in [1.29, 1.82) is 0 Å². The highest BCUT2D eigenvalue weighted by Gasteiger charge is 2.21. The van der Waals surface area contributed by atoms with Gasteiger partial charge in [-0.25, -0.2) is 0 Å². The highest BCUT2D eigenvalue weighted by molar-refractivity contribution is 7.99. The number of hydrogen-bond donors (Lipinski definition) is 1. The molecule has 21 heavy (non-hydrogen) atoms. The topological polar surface area (TPSA) is 55.4 Å². The Bertz CT molecular complexity index is 772. The molecule has 2 aromatic carbocycles. The third kappa shape index (κ3) is 3.01. The van der Waals surface area contributed by atoms with Crippen molar-refractivity contribution in [3.05, 3.63) is 42.5 Å². The van der Waals surface area contributed by atoms with Gasteiger partial charge in [0.25, 0.3) is 0 Å². The molecule has 0 saturated heterocycles. The Morgan fingerprint density at radius 1 is 1.10 bits per heavy atom. The van der Waals surface area contributed by atoms with Crippen molar-refractivity contribution in [2.45, 2.75) is 23.1 Å². The lowest BCUT2D eigenvalue weighted by atomic mass is 10.2. The number of benzene rings is 2. The first kappa shape index (κ1) is 14.3. The van der Waals surface area contributed by atoms with E-state index in [1.165, 1.54) is 0 Å². The summed E-state index contributed by atoms with van der Waals surface area (Å²) in [6.45, 7) is 1.81. The third-order valence-corrected chi connectivity index (χ3v) is 5.50. The lowest BCUT2D eigenvalue weighted by Crippen LogP contribution is -2.14. The standard InChI is InChI=1S/C15H15NO3S2/c1-2-10-21(17,18)19-12-7-5-9-14-15(12)16-11-6-3-4-8-13(11)20-14/h3-9,16H,2,10H2,1H3. The smallest absolute Gasteiger partial charge is 0.309 e. The number of para-hydroxylation sites is 2. The maximum atomic E-state index is 11.9. The monoisotopic (exact) mass is 321 g/mol. The van der Waals surface area contributed by atoms with Crippen LogP contribution in [0.1, 0.15) is 13.3 Å². The molecule has 1 aliphatic rings. The van der Waals surface area contributed by atoms with E-state index in [1.54, 1.807) is 23.9 Å². The van der Waals surface area contributed by atoms with Crippen LogP contribution in [0.5, 0.6) is 5.75 Å². The molecular weight excluding hydrogens is 306 g/mol. The number of hydrogen-bond acceptors (Lipinski definition) is 5. The van der Waals surface area contributed by atoms with Gasteiger partial charge in [0.15, 0.2) is 5.75 Å². The molecule has 0 aromatic heterocycles. The number of nitrogens with one attached hydrogen (secondary N) is 1. The minimum Gasteiger partial charge on any atom is -0.380 e. The molecule has 2 aromatic rings. The normalized spacial score (nSPS) is 13.0. The van der Waals surface area contributed by atoms with E-state index in [0.717, 1.165) is 15.5 Å². The molecule has 1 aliphatic heterocycles. The van der Waals surface area contributed by atoms with Crippen molar-refractivity contribution in [2.75, 3.05) is 11.1 Å². The van der Waals surface area contributed by atoms with Crippen LogP contribution >= 0.6 is 11.8 Å². The number of fused-ring (bicyclic) bond motifs is 2. The van der Waals surface area contributed by atoms with E-state index < -0.39 is 10.1 Å². The summed E-state index contributed by atoms with van der Waals surface area (Å²) in [4.78, 5) is 2.07. The maximum Gasteiger partial charge on any atom is 0.309 e. The van der Waals surface area contributed by atoms with Crippen molar-refractivity contribution in [1.82, 2.24) is 0 Å². The van der Waals surface area contributed by atoms with E-state index in [0.29, 0.717) is 17.9 Å². The zero-order valence-corrected chi connectivity index (χ0v) is 13.1. The van der Waals surface area contributed by atoms with Crippen molar-refractivity contribution < 1.29 is 12.6 Å². The predicted octanol–water partition coefficient (Wildman–Crippen LogP) is 4.01. The van der Waals surface area contributed by atoms with Crippen LogP contribution in [0.2, 0.25) is 0 Å². The molecule has 4 nitrogen and oxygen atoms in total. The Kier molecular flexibility index (Phi) is 3.82. The number of rotatable bonds is 4. The Morgan fingerprint density at radius 2 is 1.86 bits per heavy atom. The molecule has 0 aliphatic carbocycles. The third-order valence-electron chi connectivity index (χ3n) is 3.03. The molecule has 0 spiro atoms. The molecule has 0 amide bonds. The van der Waals surface area contributed by atoms with Gasteiger partial charge in [-0.15, -0.1) is 0 Å². The largest absolute Gasteiger partial charge is 0.380 e. The van der Waals surface area contributed by atoms with Crippen LogP contribution in [0, 0.1) is 0 Å². The fourth-order valence-electron chi connectivity index (χ4n) is 2.13. The summed E-state index contributed by atoms with van der Waals surface area (Å²) in [5, 5.41) is 3.26. The van der Waals surface area contributed by atoms with Gasteiger partial charge in [0.05, 0.1) is 17.1 Å². The fourth-order valence-corrected chi connectivity index (χ4v) is 4.14. The van der Waals surface area contributed by atoms with E-state index in [9.17, 15) is 8.42 Å². The van der Waals surface area contributed by atoms with Crippen molar-refractivity contribution in [3.63, 3.8) is 0 Å². The fraction of sp³-hybridized carbons (Fsp3) is 0.200. The Hall–Kier alpha value is -1.66. The summed E-state index contributed by atoms with van der Waals surface area (Å²) in [6.07, 6.45) is 0.530. The van der Waals surface area contributed by atoms with E-state index in [4.69, 9.17) is 4.18 Å². The first-order valence-corrected chi connectivity index (χ1v) is 9.07. The maximum absolute atomic E-state index is 11.9. The van der Waals surface area contributed by atoms with Crippen LogP contribution in [-0.2, 0) is 10.1 Å². The van der Waals surface area contributed by atoms with E-state index >= 15 is 0 Å². The molecular formula is C15H15NO3S2. The lowest BCUT2D eigenvalue weighted by Gasteiger charge is -2.22. The lowest BCUT2D eigenvalue weighted by molar-refractivity contribution is 0.485. The summed E-state index contributed by atoms with van der Waals surface area (Å²) in [5.74, 6) is 0.364. The van der Waals surface area contributed by atoms with Gasteiger partial charge in [-0.05, 0) is 30.7 Å². The molecule has 0 saturated carbocycles. The molecule has 110 valence electrons. The van der Waals surface area contributed by atoms with Gasteiger partial charge in [0, 0.05) is 9.79 Å². The zero-order valence-electron chi connectivity index (χ0n) is 11.5. The Morgan fingerprint density at radius 3 is 2.67 bits per heavy atom. The van der Waals surface area contributed by atoms with Crippen LogP contribution in [0.4, 0.5) is 11.4 Å². The summed E-state index contributed by atoms with van der Waals surface area (Å²) >= 11 is 1.60. The molecule has 1 heterocycles. The van der Waals surface area contributed by atoms with Gasteiger partial charge in [0.2, 0.25) is 0 Å². The highest BCUT2D eigenvalue weighted by atomic mass is 32.2. The molecule has 0 bridgehead atoms. The van der Waals surface area contributed by atoms with Crippen LogP contribution < -0.4 is 9.50 Å². The second kappa shape index (κ2) is 5.61. The van der Waals surface area contributed by atoms with Crippen molar-refractivity contribution >= 4 is 33.3 Å². The van der Waals surface area contributed by atoms with E-state index in [1.807, 2.05) is 37.3 Å². The minimum absolute atomic E-state index is 0.0143. The second-order valence-corrected chi connectivity index (χ2v) is 7.47. The van der Waals surface area contributed by atoms with Crippen LogP contribution in [0.25, 0.3) is 0 Å². The molecule has 6 heteroatoms. The van der Waals surface area contributed by atoms with Crippen LogP contribution in [0.3, 0.4) is 0 Å². The van der Waals surface area contributed by atoms with Gasteiger partial charge in [-0.3, -0.25) is 0 Å². The predicted molar refractivity (Wildman–Crippen MR) is 85.0 cm³/mol. The molecule has 0 radical (unpaired) electrons. The van der Waals surface area contributed by atoms with E-state index in [2.05, 4.69) is 5.32 Å². The SMILES string of the molecule is CCCS(=O)(=O)Oc1cccc2c1Nc1ccccc1S2. The average Bonchev–Trinajstić information content (AvgIpc) is 2.45. The first-order chi connectivity index (χ1) is 10.1. The summed E-state index contributed by atoms with van der Waals surface area (Å²) in [5.41, 5.74) is 1.67. The molecule has 0 fully saturated rings. The van der Waals surface area contributed by atoms with Gasteiger partial charge < -0.3 is 9.50 Å². The highest BCUT2D eigenvalue weighted by Crippen LogP contribution is 2.47. The van der Waals surface area contributed by atoms with E-state index in [-0.39, 0.29) is 5.75 Å². The van der Waals surface area contributed by atoms with Crippen LogP contribution in [0.15, 0.2) is 52.3 Å². The number of anilines is 2.